The van der Waals surface area contributed by atoms with E-state index in [9.17, 15) is 4.79 Å². The third kappa shape index (κ3) is 4.71. The highest BCUT2D eigenvalue weighted by atomic mass is 16.2. The van der Waals surface area contributed by atoms with Crippen LogP contribution in [0.4, 0.5) is 0 Å². The van der Waals surface area contributed by atoms with Crippen molar-refractivity contribution >= 4 is 5.91 Å². The number of benzene rings is 1. The molecule has 0 bridgehead atoms. The molecule has 0 saturated heterocycles. The highest BCUT2D eigenvalue weighted by molar-refractivity contribution is 5.95. The van der Waals surface area contributed by atoms with Crippen molar-refractivity contribution in [3.63, 3.8) is 0 Å². The van der Waals surface area contributed by atoms with Gasteiger partial charge in [-0.3, -0.25) is 4.79 Å². The van der Waals surface area contributed by atoms with Crippen molar-refractivity contribution in [2.45, 2.75) is 33.1 Å². The number of aryl methyl sites for hydroxylation is 1. The number of carbonyl (C=O) groups excluding carboxylic acids is 1. The van der Waals surface area contributed by atoms with E-state index in [0.29, 0.717) is 6.54 Å². The zero-order chi connectivity index (χ0) is 15.0. The van der Waals surface area contributed by atoms with Crippen molar-refractivity contribution in [3.05, 3.63) is 34.9 Å². The molecule has 0 fully saturated rings. The Bertz CT molecular complexity index is 511. The van der Waals surface area contributed by atoms with E-state index in [1.54, 1.807) is 4.90 Å². The van der Waals surface area contributed by atoms with Gasteiger partial charge in [0.25, 0.3) is 5.91 Å². The van der Waals surface area contributed by atoms with Crippen LogP contribution in [0, 0.1) is 18.8 Å². The molecule has 1 rings (SSSR count). The molecule has 3 nitrogen and oxygen atoms in total. The first-order valence-corrected chi connectivity index (χ1v) is 7.15. The number of rotatable bonds is 5. The molecule has 0 saturated carbocycles. The zero-order valence-electron chi connectivity index (χ0n) is 12.7. The van der Waals surface area contributed by atoms with E-state index in [-0.39, 0.29) is 5.91 Å². The molecule has 0 radical (unpaired) electrons. The summed E-state index contributed by atoms with van der Waals surface area (Å²) < 4.78 is 0. The van der Waals surface area contributed by atoms with E-state index in [1.165, 1.54) is 0 Å². The average molecular weight is 272 g/mol. The number of nitrogens with two attached hydrogens (primary N) is 1. The molecule has 0 aromatic heterocycles. The van der Waals surface area contributed by atoms with Gasteiger partial charge in [-0.2, -0.15) is 0 Å². The summed E-state index contributed by atoms with van der Waals surface area (Å²) >= 11 is 0. The van der Waals surface area contributed by atoms with Gasteiger partial charge in [0.2, 0.25) is 0 Å². The summed E-state index contributed by atoms with van der Waals surface area (Å²) in [6.07, 6.45) is 3.36. The van der Waals surface area contributed by atoms with Gasteiger partial charge in [-0.15, -0.1) is 0 Å². The normalized spacial score (nSPS) is 9.80. The predicted molar refractivity (Wildman–Crippen MR) is 83.6 cm³/mol. The Kier molecular flexibility index (Phi) is 6.83. The fourth-order valence-electron chi connectivity index (χ4n) is 1.99. The first kappa shape index (κ1) is 16.3. The van der Waals surface area contributed by atoms with Crippen LogP contribution in [0.15, 0.2) is 18.2 Å². The molecule has 2 N–H and O–H groups in total. The third-order valence-corrected chi connectivity index (χ3v) is 3.25. The van der Waals surface area contributed by atoms with Crippen LogP contribution in [0.3, 0.4) is 0 Å². The van der Waals surface area contributed by atoms with Crippen molar-refractivity contribution in [2.24, 2.45) is 5.73 Å². The molecular weight excluding hydrogens is 248 g/mol. The summed E-state index contributed by atoms with van der Waals surface area (Å²) in [6, 6.07) is 5.72. The SMILES string of the molecule is CCCCCN(C)C(=O)c1cc(C#CCN)ccc1C. The van der Waals surface area contributed by atoms with Gasteiger partial charge in [-0.05, 0) is 31.0 Å². The van der Waals surface area contributed by atoms with Gasteiger partial charge < -0.3 is 10.6 Å². The summed E-state index contributed by atoms with van der Waals surface area (Å²) in [4.78, 5) is 14.2. The molecule has 0 spiro atoms. The Morgan fingerprint density at radius 3 is 2.75 bits per heavy atom. The van der Waals surface area contributed by atoms with E-state index in [1.807, 2.05) is 32.2 Å². The molecule has 1 aromatic rings. The van der Waals surface area contributed by atoms with E-state index >= 15 is 0 Å². The number of hydrogen-bond acceptors (Lipinski definition) is 2. The number of unbranched alkanes of at least 4 members (excludes halogenated alkanes) is 2. The molecule has 0 atom stereocenters. The lowest BCUT2D eigenvalue weighted by Crippen LogP contribution is -2.28. The molecule has 108 valence electrons. The van der Waals surface area contributed by atoms with Crippen LogP contribution in [0.1, 0.15) is 47.7 Å². The Morgan fingerprint density at radius 2 is 2.10 bits per heavy atom. The van der Waals surface area contributed by atoms with Gasteiger partial charge in [0.1, 0.15) is 0 Å². The lowest BCUT2D eigenvalue weighted by molar-refractivity contribution is 0.0792. The minimum absolute atomic E-state index is 0.0648. The van der Waals surface area contributed by atoms with Gasteiger partial charge in [0.15, 0.2) is 0 Å². The van der Waals surface area contributed by atoms with Crippen LogP contribution in [-0.2, 0) is 0 Å². The number of amides is 1. The summed E-state index contributed by atoms with van der Waals surface area (Å²) in [5, 5.41) is 0. The second-order valence-corrected chi connectivity index (χ2v) is 4.97. The van der Waals surface area contributed by atoms with Crippen LogP contribution in [0.2, 0.25) is 0 Å². The molecule has 0 aliphatic carbocycles. The lowest BCUT2D eigenvalue weighted by atomic mass is 10.0. The highest BCUT2D eigenvalue weighted by Crippen LogP contribution is 2.13. The van der Waals surface area contributed by atoms with Gasteiger partial charge in [0.05, 0.1) is 6.54 Å². The van der Waals surface area contributed by atoms with Crippen LogP contribution >= 0.6 is 0 Å². The maximum atomic E-state index is 12.4. The van der Waals surface area contributed by atoms with Crippen molar-refractivity contribution in [1.82, 2.24) is 4.90 Å². The monoisotopic (exact) mass is 272 g/mol. The number of hydrogen-bond donors (Lipinski definition) is 1. The second kappa shape index (κ2) is 8.39. The lowest BCUT2D eigenvalue weighted by Gasteiger charge is -2.18. The highest BCUT2D eigenvalue weighted by Gasteiger charge is 2.14. The van der Waals surface area contributed by atoms with Crippen LogP contribution in [0.25, 0.3) is 0 Å². The van der Waals surface area contributed by atoms with E-state index < -0.39 is 0 Å². The van der Waals surface area contributed by atoms with Gasteiger partial charge in [-0.25, -0.2) is 0 Å². The number of carbonyl (C=O) groups is 1. The Hall–Kier alpha value is -1.79. The molecule has 0 aliphatic rings. The van der Waals surface area contributed by atoms with Crippen molar-refractivity contribution in [2.75, 3.05) is 20.1 Å². The maximum absolute atomic E-state index is 12.4. The molecule has 1 amide bonds. The fourth-order valence-corrected chi connectivity index (χ4v) is 1.99. The molecule has 3 heteroatoms. The topological polar surface area (TPSA) is 46.3 Å². The summed E-state index contributed by atoms with van der Waals surface area (Å²) in [5.41, 5.74) is 7.92. The first-order chi connectivity index (χ1) is 9.60. The molecule has 20 heavy (non-hydrogen) atoms. The largest absolute Gasteiger partial charge is 0.342 e. The number of nitrogens with zero attached hydrogens (tertiary/aromatic N) is 1. The van der Waals surface area contributed by atoms with Crippen molar-refractivity contribution < 1.29 is 4.79 Å². The van der Waals surface area contributed by atoms with E-state index in [2.05, 4.69) is 18.8 Å². The Labute approximate surface area is 122 Å². The fraction of sp³-hybridized carbons (Fsp3) is 0.471. The maximum Gasteiger partial charge on any atom is 0.253 e. The average Bonchev–Trinajstić information content (AvgIpc) is 2.45. The smallest absolute Gasteiger partial charge is 0.253 e. The standard InChI is InChI=1S/C17H24N2O/c1-4-5-6-12-19(3)17(20)16-13-15(8-7-11-18)10-9-14(16)2/h9-10,13H,4-6,11-12,18H2,1-3H3. The zero-order valence-corrected chi connectivity index (χ0v) is 12.7. The Morgan fingerprint density at radius 1 is 1.35 bits per heavy atom. The van der Waals surface area contributed by atoms with Crippen molar-refractivity contribution in [3.8, 4) is 11.8 Å². The van der Waals surface area contributed by atoms with Gasteiger partial charge in [-0.1, -0.05) is 37.7 Å². The summed E-state index contributed by atoms with van der Waals surface area (Å²) in [5.74, 6) is 5.85. The minimum Gasteiger partial charge on any atom is -0.342 e. The Balaban J connectivity index is 2.85. The van der Waals surface area contributed by atoms with E-state index in [0.717, 1.165) is 42.5 Å². The summed E-state index contributed by atoms with van der Waals surface area (Å²) in [6.45, 7) is 5.23. The third-order valence-electron chi connectivity index (χ3n) is 3.25. The second-order valence-electron chi connectivity index (χ2n) is 4.97. The predicted octanol–water partition coefficient (Wildman–Crippen LogP) is 2.57. The molecular formula is C17H24N2O. The molecule has 0 aliphatic heterocycles. The molecule has 1 aromatic carbocycles. The van der Waals surface area contributed by atoms with Gasteiger partial charge in [0, 0.05) is 24.7 Å². The molecule has 0 heterocycles. The van der Waals surface area contributed by atoms with E-state index in [4.69, 9.17) is 5.73 Å². The van der Waals surface area contributed by atoms with Crippen molar-refractivity contribution in [1.29, 1.82) is 0 Å². The minimum atomic E-state index is 0.0648. The van der Waals surface area contributed by atoms with Crippen LogP contribution in [0.5, 0.6) is 0 Å². The molecule has 0 unspecified atom stereocenters. The first-order valence-electron chi connectivity index (χ1n) is 7.15. The quantitative estimate of drug-likeness (QED) is 0.661. The van der Waals surface area contributed by atoms with Gasteiger partial charge >= 0.3 is 0 Å². The van der Waals surface area contributed by atoms with Crippen LogP contribution < -0.4 is 5.73 Å². The van der Waals surface area contributed by atoms with Crippen LogP contribution in [-0.4, -0.2) is 30.9 Å². The summed E-state index contributed by atoms with van der Waals surface area (Å²) in [7, 11) is 1.86.